The molecule has 1 N–H and O–H groups in total. The number of nitrogens with zero attached hydrogens (tertiary/aromatic N) is 1. The van der Waals surface area contributed by atoms with E-state index in [1.807, 2.05) is 0 Å². The van der Waals surface area contributed by atoms with Gasteiger partial charge in [-0.1, -0.05) is 20.8 Å². The maximum atomic E-state index is 3.86. The molecule has 0 aromatic carbocycles. The molecule has 2 bridgehead atoms. The van der Waals surface area contributed by atoms with Gasteiger partial charge in [0.05, 0.1) is 0 Å². The van der Waals surface area contributed by atoms with Crippen molar-refractivity contribution in [3.63, 3.8) is 0 Å². The lowest BCUT2D eigenvalue weighted by molar-refractivity contribution is 0.121. The average Bonchev–Trinajstić information content (AvgIpc) is 2.61. The van der Waals surface area contributed by atoms with Crippen molar-refractivity contribution < 1.29 is 0 Å². The molecule has 2 nitrogen and oxygen atoms in total. The van der Waals surface area contributed by atoms with Crippen LogP contribution in [0.4, 0.5) is 0 Å². The summed E-state index contributed by atoms with van der Waals surface area (Å²) in [5.74, 6) is 0.960. The molecular weight excluding hydrogens is 220 g/mol. The average molecular weight is 252 g/mol. The normalized spacial score (nSPS) is 37.7. The summed E-state index contributed by atoms with van der Waals surface area (Å²) in [5.41, 5.74) is 1.09. The van der Waals surface area contributed by atoms with Gasteiger partial charge in [-0.25, -0.2) is 0 Å². The van der Waals surface area contributed by atoms with Crippen LogP contribution in [0.25, 0.3) is 0 Å². The van der Waals surface area contributed by atoms with Gasteiger partial charge in [0.2, 0.25) is 0 Å². The van der Waals surface area contributed by atoms with Gasteiger partial charge in [0, 0.05) is 6.04 Å². The lowest BCUT2D eigenvalue weighted by atomic mass is 9.69. The molecule has 3 atom stereocenters. The molecule has 0 radical (unpaired) electrons. The summed E-state index contributed by atoms with van der Waals surface area (Å²) in [6.45, 7) is 9.95. The first-order chi connectivity index (χ1) is 8.38. The van der Waals surface area contributed by atoms with E-state index in [-0.39, 0.29) is 0 Å². The third-order valence-electron chi connectivity index (χ3n) is 6.22. The van der Waals surface area contributed by atoms with Crippen molar-refractivity contribution in [2.45, 2.75) is 58.9 Å². The Morgan fingerprint density at radius 3 is 2.39 bits per heavy atom. The summed E-state index contributed by atoms with van der Waals surface area (Å²) >= 11 is 0. The zero-order chi connectivity index (χ0) is 13.4. The van der Waals surface area contributed by atoms with E-state index in [1.165, 1.54) is 45.2 Å². The van der Waals surface area contributed by atoms with Gasteiger partial charge in [-0.15, -0.1) is 0 Å². The second kappa shape index (κ2) is 5.13. The fourth-order valence-corrected chi connectivity index (χ4v) is 4.34. The molecule has 0 heterocycles. The Bertz CT molecular complexity index is 285. The largest absolute Gasteiger partial charge is 0.313 e. The third-order valence-corrected chi connectivity index (χ3v) is 6.22. The fourth-order valence-electron chi connectivity index (χ4n) is 4.34. The van der Waals surface area contributed by atoms with E-state index in [0.29, 0.717) is 10.8 Å². The van der Waals surface area contributed by atoms with Crippen molar-refractivity contribution in [3.05, 3.63) is 0 Å². The molecule has 0 spiro atoms. The monoisotopic (exact) mass is 252 g/mol. The SMILES string of the molecule is CN(C)CCCCNC1CC2CCC1(C)C2(C)C. The van der Waals surface area contributed by atoms with Crippen LogP contribution >= 0.6 is 0 Å². The number of fused-ring (bicyclic) bond motifs is 2. The van der Waals surface area contributed by atoms with Gasteiger partial charge in [-0.3, -0.25) is 0 Å². The first kappa shape index (κ1) is 14.3. The van der Waals surface area contributed by atoms with E-state index < -0.39 is 0 Å². The van der Waals surface area contributed by atoms with Gasteiger partial charge in [-0.2, -0.15) is 0 Å². The van der Waals surface area contributed by atoms with Crippen molar-refractivity contribution in [3.8, 4) is 0 Å². The Morgan fingerprint density at radius 1 is 1.17 bits per heavy atom. The predicted octanol–water partition coefficient (Wildman–Crippen LogP) is 3.13. The third kappa shape index (κ3) is 2.34. The minimum atomic E-state index is 0.541. The van der Waals surface area contributed by atoms with Gasteiger partial charge < -0.3 is 10.2 Å². The molecule has 2 aliphatic rings. The van der Waals surface area contributed by atoms with Crippen LogP contribution < -0.4 is 5.32 Å². The fraction of sp³-hybridized carbons (Fsp3) is 1.00. The summed E-state index contributed by atoms with van der Waals surface area (Å²) in [5, 5.41) is 3.86. The van der Waals surface area contributed by atoms with Crippen LogP contribution in [0.3, 0.4) is 0 Å². The highest BCUT2D eigenvalue weighted by Crippen LogP contribution is 2.65. The number of nitrogens with one attached hydrogen (secondary N) is 1. The molecule has 2 rings (SSSR count). The maximum Gasteiger partial charge on any atom is 0.0129 e. The Kier molecular flexibility index (Phi) is 4.08. The van der Waals surface area contributed by atoms with Gasteiger partial charge in [-0.05, 0) is 76.0 Å². The molecule has 2 fully saturated rings. The van der Waals surface area contributed by atoms with E-state index >= 15 is 0 Å². The Balaban J connectivity index is 1.75. The van der Waals surface area contributed by atoms with Crippen molar-refractivity contribution in [1.82, 2.24) is 10.2 Å². The van der Waals surface area contributed by atoms with Gasteiger partial charge >= 0.3 is 0 Å². The molecule has 2 heteroatoms. The van der Waals surface area contributed by atoms with E-state index in [0.717, 1.165) is 12.0 Å². The van der Waals surface area contributed by atoms with Crippen molar-refractivity contribution in [2.24, 2.45) is 16.7 Å². The number of rotatable bonds is 6. The number of hydrogen-bond acceptors (Lipinski definition) is 2. The first-order valence-electron chi connectivity index (χ1n) is 7.76. The predicted molar refractivity (Wildman–Crippen MR) is 78.8 cm³/mol. The van der Waals surface area contributed by atoms with Crippen molar-refractivity contribution >= 4 is 0 Å². The van der Waals surface area contributed by atoms with Gasteiger partial charge in [0.25, 0.3) is 0 Å². The molecular formula is C16H32N2. The molecule has 2 aliphatic carbocycles. The molecule has 0 saturated heterocycles. The van der Waals surface area contributed by atoms with E-state index in [4.69, 9.17) is 0 Å². The quantitative estimate of drug-likeness (QED) is 0.731. The second-order valence-corrected chi connectivity index (χ2v) is 7.63. The van der Waals surface area contributed by atoms with Crippen LogP contribution in [0.2, 0.25) is 0 Å². The smallest absolute Gasteiger partial charge is 0.0129 e. The van der Waals surface area contributed by atoms with Crippen molar-refractivity contribution in [2.75, 3.05) is 27.2 Å². The summed E-state index contributed by atoms with van der Waals surface area (Å²) in [6.07, 6.45) is 6.94. The lowest BCUT2D eigenvalue weighted by Crippen LogP contribution is -2.44. The summed E-state index contributed by atoms with van der Waals surface area (Å²) in [7, 11) is 4.32. The highest BCUT2D eigenvalue weighted by molar-refractivity contribution is 5.12. The summed E-state index contributed by atoms with van der Waals surface area (Å²) in [4.78, 5) is 2.28. The Morgan fingerprint density at radius 2 is 1.89 bits per heavy atom. The zero-order valence-electron chi connectivity index (χ0n) is 13.1. The highest BCUT2D eigenvalue weighted by atomic mass is 15.0. The molecule has 0 aromatic rings. The van der Waals surface area contributed by atoms with Gasteiger partial charge in [0.1, 0.15) is 0 Å². The minimum absolute atomic E-state index is 0.541. The molecule has 3 unspecified atom stereocenters. The van der Waals surface area contributed by atoms with Crippen LogP contribution in [0, 0.1) is 16.7 Å². The molecule has 106 valence electrons. The van der Waals surface area contributed by atoms with Gasteiger partial charge in [0.15, 0.2) is 0 Å². The topological polar surface area (TPSA) is 15.3 Å². The van der Waals surface area contributed by atoms with E-state index in [1.54, 1.807) is 0 Å². The Hall–Kier alpha value is -0.0800. The lowest BCUT2D eigenvalue weighted by Gasteiger charge is -2.39. The van der Waals surface area contributed by atoms with E-state index in [9.17, 15) is 0 Å². The highest BCUT2D eigenvalue weighted by Gasteiger charge is 2.60. The number of unbranched alkanes of at least 4 members (excludes halogenated alkanes) is 1. The standard InChI is InChI=1S/C16H32N2/c1-15(2)13-8-9-16(15,3)14(12-13)17-10-6-7-11-18(4)5/h13-14,17H,6-12H2,1-5H3. The molecule has 18 heavy (non-hydrogen) atoms. The van der Waals surface area contributed by atoms with Crippen LogP contribution in [0.1, 0.15) is 52.9 Å². The molecule has 2 saturated carbocycles. The summed E-state index contributed by atoms with van der Waals surface area (Å²) < 4.78 is 0. The van der Waals surface area contributed by atoms with Crippen LogP contribution in [-0.2, 0) is 0 Å². The second-order valence-electron chi connectivity index (χ2n) is 7.63. The Labute approximate surface area is 114 Å². The maximum absolute atomic E-state index is 3.86. The molecule has 0 aromatic heterocycles. The molecule has 0 aliphatic heterocycles. The van der Waals surface area contributed by atoms with Crippen LogP contribution in [0.5, 0.6) is 0 Å². The van der Waals surface area contributed by atoms with E-state index in [2.05, 4.69) is 45.1 Å². The zero-order valence-corrected chi connectivity index (χ0v) is 13.1. The molecule has 0 amide bonds. The minimum Gasteiger partial charge on any atom is -0.313 e. The first-order valence-corrected chi connectivity index (χ1v) is 7.76. The van der Waals surface area contributed by atoms with Crippen LogP contribution in [0.15, 0.2) is 0 Å². The van der Waals surface area contributed by atoms with Crippen molar-refractivity contribution in [1.29, 1.82) is 0 Å². The summed E-state index contributed by atoms with van der Waals surface area (Å²) in [6, 6.07) is 0.769. The number of hydrogen-bond donors (Lipinski definition) is 1. The van der Waals surface area contributed by atoms with Crippen LogP contribution in [-0.4, -0.2) is 38.1 Å².